The van der Waals surface area contributed by atoms with Crippen molar-refractivity contribution in [3.8, 4) is 0 Å². The predicted octanol–water partition coefficient (Wildman–Crippen LogP) is 1.27. The predicted molar refractivity (Wildman–Crippen MR) is 85.2 cm³/mol. The Bertz CT molecular complexity index is 641. The van der Waals surface area contributed by atoms with Crippen molar-refractivity contribution in [1.29, 1.82) is 0 Å². The summed E-state index contributed by atoms with van der Waals surface area (Å²) in [4.78, 5) is 27.6. The summed E-state index contributed by atoms with van der Waals surface area (Å²) in [6.45, 7) is -0.498. The number of hydrogen-bond donors (Lipinski definition) is 3. The first-order chi connectivity index (χ1) is 10.7. The summed E-state index contributed by atoms with van der Waals surface area (Å²) in [5.41, 5.74) is 0.866. The van der Waals surface area contributed by atoms with E-state index in [0.29, 0.717) is 5.13 Å². The molecule has 2 rings (SSSR count). The molecule has 0 aliphatic carbocycles. The second-order valence-corrected chi connectivity index (χ2v) is 5.21. The van der Waals surface area contributed by atoms with Crippen LogP contribution in [0.25, 0.3) is 6.08 Å². The first-order valence-electron chi connectivity index (χ1n) is 6.54. The molecule has 0 spiro atoms. The first-order valence-corrected chi connectivity index (χ1v) is 7.42. The summed E-state index contributed by atoms with van der Waals surface area (Å²) in [6, 6.07) is 8.26. The van der Waals surface area contributed by atoms with Crippen LogP contribution >= 0.6 is 11.3 Å². The van der Waals surface area contributed by atoms with Gasteiger partial charge in [-0.15, -0.1) is 11.3 Å². The average molecular weight is 317 g/mol. The number of amides is 2. The van der Waals surface area contributed by atoms with E-state index in [2.05, 4.69) is 15.6 Å². The Labute approximate surface area is 131 Å². The van der Waals surface area contributed by atoms with Crippen LogP contribution in [-0.4, -0.2) is 34.6 Å². The van der Waals surface area contributed by atoms with Crippen molar-refractivity contribution in [3.05, 3.63) is 53.5 Å². The van der Waals surface area contributed by atoms with Crippen LogP contribution in [0.3, 0.4) is 0 Å². The molecule has 1 heterocycles. The van der Waals surface area contributed by atoms with Crippen molar-refractivity contribution in [3.63, 3.8) is 0 Å². The molecule has 22 heavy (non-hydrogen) atoms. The molecule has 6 nitrogen and oxygen atoms in total. The standard InChI is InChI=1S/C15H15N3O3S/c19-10-12(14(21)18-15-16-8-9-22-15)17-13(20)7-6-11-4-2-1-3-5-11/h1-9,12,19H,10H2,(H,17,20)(H,16,18,21). The number of aliphatic hydroxyl groups is 1. The number of carbonyl (C=O) groups is 2. The zero-order valence-electron chi connectivity index (χ0n) is 11.6. The summed E-state index contributed by atoms with van der Waals surface area (Å²) in [7, 11) is 0. The second-order valence-electron chi connectivity index (χ2n) is 4.31. The van der Waals surface area contributed by atoms with Crippen LogP contribution in [0.5, 0.6) is 0 Å². The fourth-order valence-electron chi connectivity index (χ4n) is 1.63. The topological polar surface area (TPSA) is 91.3 Å². The van der Waals surface area contributed by atoms with Crippen molar-refractivity contribution in [2.24, 2.45) is 0 Å². The van der Waals surface area contributed by atoms with Gasteiger partial charge in [-0.1, -0.05) is 30.3 Å². The SMILES string of the molecule is O=C(C=Cc1ccccc1)NC(CO)C(=O)Nc1nccs1. The fourth-order valence-corrected chi connectivity index (χ4v) is 2.16. The number of nitrogens with zero attached hydrogens (tertiary/aromatic N) is 1. The zero-order valence-corrected chi connectivity index (χ0v) is 12.4. The van der Waals surface area contributed by atoms with Crippen LogP contribution in [0.1, 0.15) is 5.56 Å². The third-order valence-corrected chi connectivity index (χ3v) is 3.39. The molecular formula is C15H15N3O3S. The molecule has 0 saturated heterocycles. The van der Waals surface area contributed by atoms with Crippen molar-refractivity contribution in [1.82, 2.24) is 10.3 Å². The van der Waals surface area contributed by atoms with E-state index in [0.717, 1.165) is 5.56 Å². The van der Waals surface area contributed by atoms with Gasteiger partial charge in [0.25, 0.3) is 5.91 Å². The summed E-state index contributed by atoms with van der Waals surface area (Å²) in [5, 5.41) is 16.3. The number of aliphatic hydroxyl groups excluding tert-OH is 1. The van der Waals surface area contributed by atoms with Gasteiger partial charge in [0.1, 0.15) is 6.04 Å². The highest BCUT2D eigenvalue weighted by molar-refractivity contribution is 7.13. The van der Waals surface area contributed by atoms with Gasteiger partial charge in [-0.05, 0) is 11.6 Å². The molecule has 7 heteroatoms. The highest BCUT2D eigenvalue weighted by atomic mass is 32.1. The summed E-state index contributed by atoms with van der Waals surface area (Å²) in [5.74, 6) is -0.976. The van der Waals surface area contributed by atoms with Crippen molar-refractivity contribution in [2.45, 2.75) is 6.04 Å². The fraction of sp³-hybridized carbons (Fsp3) is 0.133. The molecular weight excluding hydrogens is 302 g/mol. The van der Waals surface area contributed by atoms with Gasteiger partial charge in [0, 0.05) is 17.7 Å². The maximum Gasteiger partial charge on any atom is 0.251 e. The summed E-state index contributed by atoms with van der Waals surface area (Å²) < 4.78 is 0. The number of anilines is 1. The van der Waals surface area contributed by atoms with Crippen LogP contribution in [0.2, 0.25) is 0 Å². The molecule has 1 unspecified atom stereocenters. The molecule has 0 saturated carbocycles. The van der Waals surface area contributed by atoms with E-state index >= 15 is 0 Å². The van der Waals surface area contributed by atoms with Crippen LogP contribution in [0, 0.1) is 0 Å². The number of benzene rings is 1. The molecule has 1 atom stereocenters. The van der Waals surface area contributed by atoms with E-state index < -0.39 is 24.5 Å². The van der Waals surface area contributed by atoms with E-state index in [1.807, 2.05) is 30.3 Å². The number of thiazole rings is 1. The average Bonchev–Trinajstić information content (AvgIpc) is 3.04. The van der Waals surface area contributed by atoms with Gasteiger partial charge < -0.3 is 15.7 Å². The molecule has 0 bridgehead atoms. The van der Waals surface area contributed by atoms with E-state index in [4.69, 9.17) is 0 Å². The Kier molecular flexibility index (Phi) is 5.81. The van der Waals surface area contributed by atoms with Crippen LogP contribution < -0.4 is 10.6 Å². The molecule has 0 radical (unpaired) electrons. The van der Waals surface area contributed by atoms with Crippen LogP contribution in [0.15, 0.2) is 48.0 Å². The number of aromatic nitrogens is 1. The Morgan fingerprint density at radius 2 is 2.09 bits per heavy atom. The molecule has 0 fully saturated rings. The first kappa shape index (κ1) is 15.9. The van der Waals surface area contributed by atoms with Gasteiger partial charge in [0.05, 0.1) is 6.61 Å². The van der Waals surface area contributed by atoms with E-state index in [-0.39, 0.29) is 0 Å². The van der Waals surface area contributed by atoms with E-state index in [9.17, 15) is 14.7 Å². The summed E-state index contributed by atoms with van der Waals surface area (Å²) in [6.07, 6.45) is 4.49. The quantitative estimate of drug-likeness (QED) is 0.700. The molecule has 114 valence electrons. The number of hydrogen-bond acceptors (Lipinski definition) is 5. The maximum atomic E-state index is 11.9. The molecule has 1 aromatic heterocycles. The van der Waals surface area contributed by atoms with E-state index in [1.54, 1.807) is 17.7 Å². The minimum Gasteiger partial charge on any atom is -0.394 e. The molecule has 0 aliphatic heterocycles. The van der Waals surface area contributed by atoms with Gasteiger partial charge in [-0.25, -0.2) is 4.98 Å². The van der Waals surface area contributed by atoms with Gasteiger partial charge in [-0.2, -0.15) is 0 Å². The van der Waals surface area contributed by atoms with Gasteiger partial charge in [0.2, 0.25) is 5.91 Å². The Hall–Kier alpha value is -2.51. The largest absolute Gasteiger partial charge is 0.394 e. The van der Waals surface area contributed by atoms with Crippen molar-refractivity contribution < 1.29 is 14.7 Å². The lowest BCUT2D eigenvalue weighted by molar-refractivity contribution is -0.124. The molecule has 2 amide bonds. The van der Waals surface area contributed by atoms with Gasteiger partial charge in [-0.3, -0.25) is 9.59 Å². The van der Waals surface area contributed by atoms with Crippen molar-refractivity contribution >= 4 is 34.4 Å². The lowest BCUT2D eigenvalue weighted by Gasteiger charge is -2.13. The lowest BCUT2D eigenvalue weighted by Crippen LogP contribution is -2.45. The van der Waals surface area contributed by atoms with Crippen molar-refractivity contribution in [2.75, 3.05) is 11.9 Å². The number of rotatable bonds is 6. The summed E-state index contributed by atoms with van der Waals surface area (Å²) >= 11 is 1.25. The minimum atomic E-state index is -1.03. The van der Waals surface area contributed by atoms with Gasteiger partial charge >= 0.3 is 0 Å². The van der Waals surface area contributed by atoms with Crippen LogP contribution in [-0.2, 0) is 9.59 Å². The van der Waals surface area contributed by atoms with Gasteiger partial charge in [0.15, 0.2) is 5.13 Å². The Morgan fingerprint density at radius 1 is 1.32 bits per heavy atom. The highest BCUT2D eigenvalue weighted by Crippen LogP contribution is 2.10. The lowest BCUT2D eigenvalue weighted by atomic mass is 10.2. The second kappa shape index (κ2) is 8.06. The Balaban J connectivity index is 1.90. The maximum absolute atomic E-state index is 11.9. The highest BCUT2D eigenvalue weighted by Gasteiger charge is 2.19. The smallest absolute Gasteiger partial charge is 0.251 e. The molecule has 0 aliphatic rings. The number of nitrogens with one attached hydrogen (secondary N) is 2. The van der Waals surface area contributed by atoms with Crippen LogP contribution in [0.4, 0.5) is 5.13 Å². The third kappa shape index (κ3) is 4.80. The third-order valence-electron chi connectivity index (χ3n) is 2.70. The monoisotopic (exact) mass is 317 g/mol. The molecule has 3 N–H and O–H groups in total. The molecule has 1 aromatic carbocycles. The normalized spacial score (nSPS) is 12.0. The minimum absolute atomic E-state index is 0.414. The zero-order chi connectivity index (χ0) is 15.8. The number of carbonyl (C=O) groups excluding carboxylic acids is 2. The molecule has 2 aromatic rings. The van der Waals surface area contributed by atoms with E-state index in [1.165, 1.54) is 17.4 Å². The Morgan fingerprint density at radius 3 is 2.73 bits per heavy atom.